The van der Waals surface area contributed by atoms with Crippen molar-refractivity contribution in [3.05, 3.63) is 35.6 Å². The summed E-state index contributed by atoms with van der Waals surface area (Å²) in [5.41, 5.74) is 3.89. The van der Waals surface area contributed by atoms with Gasteiger partial charge in [-0.3, -0.25) is 4.79 Å². The molecule has 3 nitrogen and oxygen atoms in total. The molecule has 76 valence electrons. The molecule has 0 radical (unpaired) electrons. The van der Waals surface area contributed by atoms with Crippen LogP contribution < -0.4 is 5.73 Å². The van der Waals surface area contributed by atoms with Gasteiger partial charge in [-0.2, -0.15) is 0 Å². The highest BCUT2D eigenvalue weighted by Crippen LogP contribution is 2.26. The number of carbonyl (C=O) groups excluding carboxylic acids is 1. The summed E-state index contributed by atoms with van der Waals surface area (Å²) in [4.78, 5) is 11.1. The number of ether oxygens (including phenoxy) is 1. The van der Waals surface area contributed by atoms with Crippen molar-refractivity contribution in [1.29, 1.82) is 0 Å². The third kappa shape index (κ3) is 1.61. The normalized spacial score (nSPS) is 14.8. The summed E-state index contributed by atoms with van der Waals surface area (Å²) < 4.78 is 18.3. The number of benzene rings is 1. The number of hydrogen-bond acceptors (Lipinski definition) is 2. The van der Waals surface area contributed by atoms with Gasteiger partial charge >= 0.3 is 0 Å². The second kappa shape index (κ2) is 3.75. The second-order valence-electron chi connectivity index (χ2n) is 3.08. The number of carbonyl (C=O) groups is 1. The Labute approximate surface area is 81.7 Å². The minimum atomic E-state index is -1.41. The zero-order valence-corrected chi connectivity index (χ0v) is 8.08. The summed E-state index contributed by atoms with van der Waals surface area (Å²) in [6, 6.07) is 5.90. The SMILES string of the molecule is COC(C)(C(N)=O)c1ccccc1F. The molecule has 1 unspecified atom stereocenters. The van der Waals surface area contributed by atoms with Crippen LogP contribution in [-0.2, 0) is 15.1 Å². The first-order chi connectivity index (χ1) is 6.52. The summed E-state index contributed by atoms with van der Waals surface area (Å²) in [6.07, 6.45) is 0. The Balaban J connectivity index is 3.26. The van der Waals surface area contributed by atoms with E-state index in [2.05, 4.69) is 0 Å². The molecule has 0 spiro atoms. The van der Waals surface area contributed by atoms with Gasteiger partial charge in [-0.1, -0.05) is 18.2 Å². The number of methoxy groups -OCH3 is 1. The van der Waals surface area contributed by atoms with Crippen LogP contribution in [0.15, 0.2) is 24.3 Å². The molecule has 0 aromatic heterocycles. The van der Waals surface area contributed by atoms with Crippen molar-refractivity contribution >= 4 is 5.91 Å². The van der Waals surface area contributed by atoms with Crippen LogP contribution in [0.3, 0.4) is 0 Å². The average molecular weight is 197 g/mol. The smallest absolute Gasteiger partial charge is 0.254 e. The van der Waals surface area contributed by atoms with E-state index in [9.17, 15) is 9.18 Å². The molecule has 1 amide bonds. The van der Waals surface area contributed by atoms with E-state index in [1.54, 1.807) is 6.07 Å². The fourth-order valence-corrected chi connectivity index (χ4v) is 1.19. The lowest BCUT2D eigenvalue weighted by atomic mass is 9.94. The van der Waals surface area contributed by atoms with Crippen LogP contribution >= 0.6 is 0 Å². The van der Waals surface area contributed by atoms with Gasteiger partial charge in [-0.25, -0.2) is 4.39 Å². The number of amides is 1. The highest BCUT2D eigenvalue weighted by atomic mass is 19.1. The molecule has 0 saturated carbocycles. The van der Waals surface area contributed by atoms with Crippen LogP contribution in [0.5, 0.6) is 0 Å². The highest BCUT2D eigenvalue weighted by molar-refractivity contribution is 5.84. The molecule has 1 rings (SSSR count). The van der Waals surface area contributed by atoms with Gasteiger partial charge in [0.2, 0.25) is 0 Å². The number of nitrogens with two attached hydrogens (primary N) is 1. The first-order valence-corrected chi connectivity index (χ1v) is 4.12. The predicted octanol–water partition coefficient (Wildman–Crippen LogP) is 1.17. The maximum atomic E-state index is 13.3. The van der Waals surface area contributed by atoms with Crippen LogP contribution in [0.25, 0.3) is 0 Å². The first kappa shape index (κ1) is 10.7. The van der Waals surface area contributed by atoms with Gasteiger partial charge < -0.3 is 10.5 Å². The average Bonchev–Trinajstić information content (AvgIpc) is 2.17. The Morgan fingerprint density at radius 2 is 2.07 bits per heavy atom. The van der Waals surface area contributed by atoms with Gasteiger partial charge in [0.05, 0.1) is 0 Å². The van der Waals surface area contributed by atoms with Crippen molar-refractivity contribution in [2.75, 3.05) is 7.11 Å². The molecule has 0 bridgehead atoms. The van der Waals surface area contributed by atoms with E-state index in [0.29, 0.717) is 0 Å². The van der Waals surface area contributed by atoms with Crippen LogP contribution in [0.4, 0.5) is 4.39 Å². The number of primary amides is 1. The third-order valence-corrected chi connectivity index (χ3v) is 2.27. The minimum Gasteiger partial charge on any atom is -0.367 e. The summed E-state index contributed by atoms with van der Waals surface area (Å²) in [5, 5.41) is 0. The molecule has 1 aromatic rings. The van der Waals surface area contributed by atoms with E-state index in [4.69, 9.17) is 10.5 Å². The molecule has 0 aliphatic rings. The second-order valence-corrected chi connectivity index (χ2v) is 3.08. The summed E-state index contributed by atoms with van der Waals surface area (Å²) in [7, 11) is 1.32. The Morgan fingerprint density at radius 3 is 2.50 bits per heavy atom. The highest BCUT2D eigenvalue weighted by Gasteiger charge is 2.35. The largest absolute Gasteiger partial charge is 0.367 e. The Hall–Kier alpha value is -1.42. The molecule has 2 N–H and O–H groups in total. The predicted molar refractivity (Wildman–Crippen MR) is 50.0 cm³/mol. The number of halogens is 1. The molecule has 14 heavy (non-hydrogen) atoms. The monoisotopic (exact) mass is 197 g/mol. The lowest BCUT2D eigenvalue weighted by Crippen LogP contribution is -2.40. The van der Waals surface area contributed by atoms with Gasteiger partial charge in [-0.15, -0.1) is 0 Å². The van der Waals surface area contributed by atoms with E-state index < -0.39 is 17.3 Å². The van der Waals surface area contributed by atoms with Crippen molar-refractivity contribution in [3.63, 3.8) is 0 Å². The van der Waals surface area contributed by atoms with Gasteiger partial charge in [0.15, 0.2) is 5.60 Å². The molecule has 0 aliphatic carbocycles. The molecule has 0 aliphatic heterocycles. The maximum absolute atomic E-state index is 13.3. The standard InChI is InChI=1S/C10H12FNO2/c1-10(14-2,9(12)13)7-5-3-4-6-8(7)11/h3-6H,1-2H3,(H2,12,13). The zero-order valence-electron chi connectivity index (χ0n) is 8.08. The van der Waals surface area contributed by atoms with Gasteiger partial charge in [0.1, 0.15) is 5.82 Å². The minimum absolute atomic E-state index is 0.148. The molecular formula is C10H12FNO2. The van der Waals surface area contributed by atoms with Crippen molar-refractivity contribution < 1.29 is 13.9 Å². The molecule has 4 heteroatoms. The van der Waals surface area contributed by atoms with Crippen molar-refractivity contribution in [2.24, 2.45) is 5.73 Å². The molecular weight excluding hydrogens is 185 g/mol. The van der Waals surface area contributed by atoms with E-state index >= 15 is 0 Å². The quantitative estimate of drug-likeness (QED) is 0.790. The fourth-order valence-electron chi connectivity index (χ4n) is 1.19. The van der Waals surface area contributed by atoms with Crippen LogP contribution in [0.2, 0.25) is 0 Å². The molecule has 0 saturated heterocycles. The van der Waals surface area contributed by atoms with Gasteiger partial charge in [0.25, 0.3) is 5.91 Å². The topological polar surface area (TPSA) is 52.3 Å². The van der Waals surface area contributed by atoms with E-state index in [0.717, 1.165) is 0 Å². The molecule has 0 fully saturated rings. The zero-order chi connectivity index (χ0) is 10.8. The first-order valence-electron chi connectivity index (χ1n) is 4.12. The van der Waals surface area contributed by atoms with Crippen LogP contribution in [0, 0.1) is 5.82 Å². The van der Waals surface area contributed by atoms with Gasteiger partial charge in [-0.05, 0) is 13.0 Å². The fraction of sp³-hybridized carbons (Fsp3) is 0.300. The number of rotatable bonds is 3. The van der Waals surface area contributed by atoms with Gasteiger partial charge in [0, 0.05) is 12.7 Å². The van der Waals surface area contributed by atoms with Crippen molar-refractivity contribution in [2.45, 2.75) is 12.5 Å². The number of hydrogen-bond donors (Lipinski definition) is 1. The van der Waals surface area contributed by atoms with E-state index in [-0.39, 0.29) is 5.56 Å². The Morgan fingerprint density at radius 1 is 1.50 bits per heavy atom. The van der Waals surface area contributed by atoms with E-state index in [1.165, 1.54) is 32.2 Å². The Bertz CT molecular complexity index is 354. The van der Waals surface area contributed by atoms with Crippen molar-refractivity contribution in [3.8, 4) is 0 Å². The van der Waals surface area contributed by atoms with Crippen molar-refractivity contribution in [1.82, 2.24) is 0 Å². The summed E-state index contributed by atoms with van der Waals surface area (Å²) >= 11 is 0. The summed E-state index contributed by atoms with van der Waals surface area (Å²) in [6.45, 7) is 1.44. The molecule has 1 atom stereocenters. The Kier molecular flexibility index (Phi) is 2.86. The summed E-state index contributed by atoms with van der Waals surface area (Å²) in [5.74, 6) is -1.22. The third-order valence-electron chi connectivity index (χ3n) is 2.27. The lowest BCUT2D eigenvalue weighted by molar-refractivity contribution is -0.139. The van der Waals surface area contributed by atoms with Crippen LogP contribution in [-0.4, -0.2) is 13.0 Å². The molecule has 0 heterocycles. The van der Waals surface area contributed by atoms with E-state index in [1.807, 2.05) is 0 Å². The lowest BCUT2D eigenvalue weighted by Gasteiger charge is -2.24. The maximum Gasteiger partial charge on any atom is 0.254 e. The van der Waals surface area contributed by atoms with Crippen LogP contribution in [0.1, 0.15) is 12.5 Å². The molecule has 1 aromatic carbocycles.